The average Bonchev–Trinajstić information content (AvgIpc) is 3.24. The second kappa shape index (κ2) is 5.12. The molecule has 0 amide bonds. The molecule has 0 spiro atoms. The summed E-state index contributed by atoms with van der Waals surface area (Å²) >= 11 is 0. The van der Waals surface area contributed by atoms with Gasteiger partial charge in [0.1, 0.15) is 0 Å². The van der Waals surface area contributed by atoms with E-state index in [0.717, 1.165) is 29.8 Å². The van der Waals surface area contributed by atoms with Crippen LogP contribution in [0.5, 0.6) is 5.88 Å². The van der Waals surface area contributed by atoms with Crippen LogP contribution in [0.1, 0.15) is 36.9 Å². The molecule has 0 N–H and O–H groups in total. The highest BCUT2D eigenvalue weighted by molar-refractivity contribution is 5.43. The average molecular weight is 270 g/mol. The molecule has 20 heavy (non-hydrogen) atoms. The lowest BCUT2D eigenvalue weighted by atomic mass is 10.2. The summed E-state index contributed by atoms with van der Waals surface area (Å²) in [6, 6.07) is 7.36. The fourth-order valence-corrected chi connectivity index (χ4v) is 2.44. The van der Waals surface area contributed by atoms with Crippen molar-refractivity contribution < 1.29 is 4.74 Å². The van der Waals surface area contributed by atoms with Crippen LogP contribution in [0.25, 0.3) is 5.69 Å². The Kier molecular flexibility index (Phi) is 3.30. The first-order chi connectivity index (χ1) is 9.70. The molecule has 0 atom stereocenters. The molecule has 0 unspecified atom stereocenters. The summed E-state index contributed by atoms with van der Waals surface area (Å²) in [5.41, 5.74) is 2.94. The van der Waals surface area contributed by atoms with Crippen LogP contribution in [0.3, 0.4) is 0 Å². The van der Waals surface area contributed by atoms with Crippen LogP contribution >= 0.6 is 0 Å². The van der Waals surface area contributed by atoms with E-state index in [0.29, 0.717) is 18.4 Å². The predicted octanol–water partition coefficient (Wildman–Crippen LogP) is 2.82. The third-order valence-electron chi connectivity index (χ3n) is 3.57. The summed E-state index contributed by atoms with van der Waals surface area (Å²) in [5, 5.41) is 0. The molecule has 2 heterocycles. The maximum absolute atomic E-state index is 12.2. The van der Waals surface area contributed by atoms with Crippen molar-refractivity contribution in [2.75, 3.05) is 6.61 Å². The number of aryl methyl sites for hydroxylation is 1. The molecular formula is C16H18N2O2. The Balaban J connectivity index is 2.11. The van der Waals surface area contributed by atoms with Crippen molar-refractivity contribution in [2.24, 2.45) is 0 Å². The Morgan fingerprint density at radius 3 is 2.85 bits per heavy atom. The number of hydrogen-bond donors (Lipinski definition) is 0. The normalized spacial score (nSPS) is 14.3. The van der Waals surface area contributed by atoms with Crippen LogP contribution in [0, 0.1) is 6.92 Å². The van der Waals surface area contributed by atoms with Crippen molar-refractivity contribution in [1.82, 2.24) is 9.55 Å². The largest absolute Gasteiger partial charge is 0.478 e. The standard InChI is InChI=1S/C16H18N2O2/c1-3-20-15-9-11(2)14(10-17-15)18-13(12-7-8-12)5-4-6-16(18)19/h4-6,9-10,12H,3,7-8H2,1-2H3. The SMILES string of the molecule is CCOc1cc(C)c(-n2c(C3CC3)cccc2=O)cn1. The number of ether oxygens (including phenoxy) is 1. The van der Waals surface area contributed by atoms with Gasteiger partial charge in [0.05, 0.1) is 18.5 Å². The Bertz CT molecular complexity index is 687. The van der Waals surface area contributed by atoms with Crippen LogP contribution in [0.2, 0.25) is 0 Å². The summed E-state index contributed by atoms with van der Waals surface area (Å²) in [7, 11) is 0. The van der Waals surface area contributed by atoms with Gasteiger partial charge in [0, 0.05) is 17.8 Å². The van der Waals surface area contributed by atoms with Gasteiger partial charge in [-0.3, -0.25) is 9.36 Å². The number of hydrogen-bond acceptors (Lipinski definition) is 3. The highest BCUT2D eigenvalue weighted by Crippen LogP contribution is 2.40. The van der Waals surface area contributed by atoms with Crippen molar-refractivity contribution in [2.45, 2.75) is 32.6 Å². The fraction of sp³-hybridized carbons (Fsp3) is 0.375. The third-order valence-corrected chi connectivity index (χ3v) is 3.57. The zero-order valence-electron chi connectivity index (χ0n) is 11.8. The van der Waals surface area contributed by atoms with Gasteiger partial charge in [-0.25, -0.2) is 4.98 Å². The molecule has 0 saturated heterocycles. The van der Waals surface area contributed by atoms with Crippen LogP contribution in [-0.2, 0) is 0 Å². The zero-order chi connectivity index (χ0) is 14.1. The maximum Gasteiger partial charge on any atom is 0.255 e. The van der Waals surface area contributed by atoms with Gasteiger partial charge >= 0.3 is 0 Å². The molecule has 1 saturated carbocycles. The minimum atomic E-state index is 0.00320. The molecule has 4 nitrogen and oxygen atoms in total. The molecular weight excluding hydrogens is 252 g/mol. The monoisotopic (exact) mass is 270 g/mol. The number of nitrogens with zero attached hydrogens (tertiary/aromatic N) is 2. The molecule has 4 heteroatoms. The van der Waals surface area contributed by atoms with Crippen molar-refractivity contribution >= 4 is 0 Å². The third kappa shape index (κ3) is 2.33. The van der Waals surface area contributed by atoms with Crippen molar-refractivity contribution in [3.05, 3.63) is 52.1 Å². The number of rotatable bonds is 4. The van der Waals surface area contributed by atoms with Crippen molar-refractivity contribution in [1.29, 1.82) is 0 Å². The van der Waals surface area contributed by atoms with E-state index in [1.54, 1.807) is 16.8 Å². The van der Waals surface area contributed by atoms with Crippen LogP contribution < -0.4 is 10.3 Å². The van der Waals surface area contributed by atoms with Crippen LogP contribution in [0.15, 0.2) is 35.3 Å². The molecule has 0 aromatic carbocycles. The van der Waals surface area contributed by atoms with E-state index in [1.165, 1.54) is 0 Å². The topological polar surface area (TPSA) is 44.1 Å². The summed E-state index contributed by atoms with van der Waals surface area (Å²) in [5.74, 6) is 1.11. The van der Waals surface area contributed by atoms with E-state index in [2.05, 4.69) is 4.98 Å². The summed E-state index contributed by atoms with van der Waals surface area (Å²) in [6.07, 6.45) is 4.05. The molecule has 3 rings (SSSR count). The number of aromatic nitrogens is 2. The molecule has 1 fully saturated rings. The molecule has 0 radical (unpaired) electrons. The highest BCUT2D eigenvalue weighted by Gasteiger charge is 2.27. The minimum absolute atomic E-state index is 0.00320. The number of pyridine rings is 2. The van der Waals surface area contributed by atoms with Crippen molar-refractivity contribution in [3.63, 3.8) is 0 Å². The molecule has 0 bridgehead atoms. The van der Waals surface area contributed by atoms with Crippen LogP contribution in [-0.4, -0.2) is 16.2 Å². The second-order valence-electron chi connectivity index (χ2n) is 5.14. The lowest BCUT2D eigenvalue weighted by molar-refractivity contribution is 0.326. The van der Waals surface area contributed by atoms with Gasteiger partial charge in [-0.05, 0) is 44.2 Å². The van der Waals surface area contributed by atoms with E-state index in [-0.39, 0.29) is 5.56 Å². The van der Waals surface area contributed by atoms with E-state index in [4.69, 9.17) is 4.74 Å². The van der Waals surface area contributed by atoms with Crippen molar-refractivity contribution in [3.8, 4) is 11.6 Å². The van der Waals surface area contributed by atoms with Gasteiger partial charge in [0.15, 0.2) is 0 Å². The summed E-state index contributed by atoms with van der Waals surface area (Å²) < 4.78 is 7.19. The molecule has 1 aliphatic rings. The van der Waals surface area contributed by atoms with E-state index in [9.17, 15) is 4.79 Å². The predicted molar refractivity (Wildman–Crippen MR) is 77.7 cm³/mol. The maximum atomic E-state index is 12.2. The second-order valence-corrected chi connectivity index (χ2v) is 5.14. The molecule has 2 aromatic rings. The summed E-state index contributed by atoms with van der Waals surface area (Å²) in [6.45, 7) is 4.50. The van der Waals surface area contributed by atoms with Crippen LogP contribution in [0.4, 0.5) is 0 Å². The first-order valence-corrected chi connectivity index (χ1v) is 7.02. The fourth-order valence-electron chi connectivity index (χ4n) is 2.44. The molecule has 0 aliphatic heterocycles. The first-order valence-electron chi connectivity index (χ1n) is 7.02. The lowest BCUT2D eigenvalue weighted by Crippen LogP contribution is -2.21. The summed E-state index contributed by atoms with van der Waals surface area (Å²) in [4.78, 5) is 16.5. The Hall–Kier alpha value is -2.10. The van der Waals surface area contributed by atoms with E-state index < -0.39 is 0 Å². The Morgan fingerprint density at radius 2 is 2.20 bits per heavy atom. The lowest BCUT2D eigenvalue weighted by Gasteiger charge is -2.14. The molecule has 2 aromatic heterocycles. The molecule has 104 valence electrons. The minimum Gasteiger partial charge on any atom is -0.478 e. The Morgan fingerprint density at radius 1 is 1.40 bits per heavy atom. The highest BCUT2D eigenvalue weighted by atomic mass is 16.5. The quantitative estimate of drug-likeness (QED) is 0.858. The van der Waals surface area contributed by atoms with E-state index >= 15 is 0 Å². The zero-order valence-corrected chi connectivity index (χ0v) is 11.8. The van der Waals surface area contributed by atoms with E-state index in [1.807, 2.05) is 32.0 Å². The van der Waals surface area contributed by atoms with Gasteiger partial charge < -0.3 is 4.74 Å². The van der Waals surface area contributed by atoms with Gasteiger partial charge in [0.2, 0.25) is 5.88 Å². The molecule has 1 aliphatic carbocycles. The first kappa shape index (κ1) is 12.9. The van der Waals surface area contributed by atoms with Gasteiger partial charge in [-0.2, -0.15) is 0 Å². The van der Waals surface area contributed by atoms with Gasteiger partial charge in [0.25, 0.3) is 5.56 Å². The van der Waals surface area contributed by atoms with Gasteiger partial charge in [-0.15, -0.1) is 0 Å². The Labute approximate surface area is 118 Å². The van der Waals surface area contributed by atoms with Gasteiger partial charge in [-0.1, -0.05) is 6.07 Å². The smallest absolute Gasteiger partial charge is 0.255 e.